The molecule has 1 aromatic heterocycles. The molecule has 0 aliphatic heterocycles. The standard InChI is InChI=1S/C24H24N2/c1-5-6-8-11-18(2)22-16-19(3)23(20(4)17-22)26-15-14-25-24(26)21-12-9-7-10-13-21/h5-17H,2H2,1,3-4H3. The van der Waals surface area contributed by atoms with E-state index in [9.17, 15) is 0 Å². The molecule has 130 valence electrons. The van der Waals surface area contributed by atoms with Crippen LogP contribution in [0.25, 0.3) is 22.6 Å². The molecule has 0 fully saturated rings. The van der Waals surface area contributed by atoms with Crippen molar-refractivity contribution >= 4 is 5.57 Å². The van der Waals surface area contributed by atoms with Crippen LogP contribution in [0, 0.1) is 13.8 Å². The summed E-state index contributed by atoms with van der Waals surface area (Å²) in [4.78, 5) is 4.58. The zero-order valence-electron chi connectivity index (χ0n) is 15.6. The lowest BCUT2D eigenvalue weighted by molar-refractivity contribution is 1.03. The smallest absolute Gasteiger partial charge is 0.144 e. The third-order valence-electron chi connectivity index (χ3n) is 4.38. The lowest BCUT2D eigenvalue weighted by Gasteiger charge is -2.16. The molecule has 26 heavy (non-hydrogen) atoms. The Morgan fingerprint density at radius 3 is 2.38 bits per heavy atom. The molecule has 1 heterocycles. The van der Waals surface area contributed by atoms with Crippen molar-refractivity contribution in [1.82, 2.24) is 9.55 Å². The van der Waals surface area contributed by atoms with Crippen molar-refractivity contribution in [2.75, 3.05) is 0 Å². The first kappa shape index (κ1) is 17.7. The van der Waals surface area contributed by atoms with Gasteiger partial charge in [-0.15, -0.1) is 0 Å². The third-order valence-corrected chi connectivity index (χ3v) is 4.38. The highest BCUT2D eigenvalue weighted by Gasteiger charge is 2.13. The average molecular weight is 340 g/mol. The van der Waals surface area contributed by atoms with E-state index in [-0.39, 0.29) is 0 Å². The molecular weight excluding hydrogens is 316 g/mol. The zero-order chi connectivity index (χ0) is 18.5. The summed E-state index contributed by atoms with van der Waals surface area (Å²) in [6.45, 7) is 10.5. The van der Waals surface area contributed by atoms with Gasteiger partial charge in [0.15, 0.2) is 0 Å². The Bertz CT molecular complexity index is 949. The van der Waals surface area contributed by atoms with Gasteiger partial charge in [0.1, 0.15) is 5.82 Å². The fraction of sp³-hybridized carbons (Fsp3) is 0.125. The molecule has 2 heteroatoms. The van der Waals surface area contributed by atoms with Crippen LogP contribution in [0.2, 0.25) is 0 Å². The van der Waals surface area contributed by atoms with Gasteiger partial charge in [-0.1, -0.05) is 61.2 Å². The summed E-state index contributed by atoms with van der Waals surface area (Å²) < 4.78 is 2.17. The van der Waals surface area contributed by atoms with Crippen molar-refractivity contribution in [3.8, 4) is 17.1 Å². The highest BCUT2D eigenvalue weighted by Crippen LogP contribution is 2.28. The summed E-state index contributed by atoms with van der Waals surface area (Å²) in [5.74, 6) is 0.955. The predicted octanol–water partition coefficient (Wildman–Crippen LogP) is 6.30. The minimum absolute atomic E-state index is 0.955. The van der Waals surface area contributed by atoms with E-state index >= 15 is 0 Å². The van der Waals surface area contributed by atoms with Crippen molar-refractivity contribution in [2.45, 2.75) is 20.8 Å². The van der Waals surface area contributed by atoms with Crippen LogP contribution in [0.5, 0.6) is 0 Å². The molecule has 0 saturated heterocycles. The van der Waals surface area contributed by atoms with Gasteiger partial charge in [0.25, 0.3) is 0 Å². The minimum Gasteiger partial charge on any atom is -0.299 e. The monoisotopic (exact) mass is 340 g/mol. The quantitative estimate of drug-likeness (QED) is 0.498. The Hall–Kier alpha value is -3.13. The Morgan fingerprint density at radius 1 is 1.04 bits per heavy atom. The molecule has 0 aliphatic carbocycles. The number of hydrogen-bond donors (Lipinski definition) is 0. The van der Waals surface area contributed by atoms with Gasteiger partial charge in [0.2, 0.25) is 0 Å². The SMILES string of the molecule is C=C(C=CC=CC)c1cc(C)c(-n2ccnc2-c2ccccc2)c(C)c1. The number of allylic oxidation sites excluding steroid dienone is 5. The van der Waals surface area contributed by atoms with E-state index in [0.29, 0.717) is 0 Å². The first-order valence-electron chi connectivity index (χ1n) is 8.81. The fourth-order valence-corrected chi connectivity index (χ4v) is 3.19. The molecule has 3 aromatic rings. The topological polar surface area (TPSA) is 17.8 Å². The highest BCUT2D eigenvalue weighted by atomic mass is 15.1. The summed E-state index contributed by atoms with van der Waals surface area (Å²) in [5.41, 5.74) is 6.85. The first-order valence-corrected chi connectivity index (χ1v) is 8.81. The molecule has 0 aliphatic rings. The molecule has 0 saturated carbocycles. The van der Waals surface area contributed by atoms with Crippen LogP contribution in [0.15, 0.2) is 85.7 Å². The number of aromatic nitrogens is 2. The van der Waals surface area contributed by atoms with E-state index in [4.69, 9.17) is 0 Å². The first-order chi connectivity index (χ1) is 12.6. The van der Waals surface area contributed by atoms with E-state index in [1.165, 1.54) is 16.8 Å². The van der Waals surface area contributed by atoms with Gasteiger partial charge in [0, 0.05) is 18.0 Å². The fourth-order valence-electron chi connectivity index (χ4n) is 3.19. The molecule has 0 atom stereocenters. The van der Waals surface area contributed by atoms with Gasteiger partial charge < -0.3 is 0 Å². The van der Waals surface area contributed by atoms with E-state index in [1.54, 1.807) is 0 Å². The van der Waals surface area contributed by atoms with Gasteiger partial charge in [-0.05, 0) is 55.2 Å². The summed E-state index contributed by atoms with van der Waals surface area (Å²) in [6.07, 6.45) is 12.0. The summed E-state index contributed by atoms with van der Waals surface area (Å²) in [7, 11) is 0. The predicted molar refractivity (Wildman–Crippen MR) is 111 cm³/mol. The molecule has 2 aromatic carbocycles. The number of benzene rings is 2. The van der Waals surface area contributed by atoms with E-state index in [0.717, 1.165) is 22.5 Å². The van der Waals surface area contributed by atoms with E-state index in [1.807, 2.05) is 61.8 Å². The maximum absolute atomic E-state index is 4.58. The van der Waals surface area contributed by atoms with Crippen LogP contribution in [0.1, 0.15) is 23.6 Å². The minimum atomic E-state index is 0.955. The van der Waals surface area contributed by atoms with Crippen LogP contribution in [0.4, 0.5) is 0 Å². The highest BCUT2D eigenvalue weighted by molar-refractivity contribution is 5.75. The van der Waals surface area contributed by atoms with E-state index < -0.39 is 0 Å². The Labute approximate surface area is 155 Å². The van der Waals surface area contributed by atoms with Gasteiger partial charge in [-0.3, -0.25) is 4.57 Å². The second-order valence-corrected chi connectivity index (χ2v) is 6.36. The normalized spacial score (nSPS) is 11.5. The van der Waals surface area contributed by atoms with Crippen molar-refractivity contribution < 1.29 is 0 Å². The third kappa shape index (κ3) is 3.60. The van der Waals surface area contributed by atoms with Gasteiger partial charge in [0.05, 0.1) is 5.69 Å². The molecule has 0 amide bonds. The van der Waals surface area contributed by atoms with Crippen molar-refractivity contribution in [2.24, 2.45) is 0 Å². The van der Waals surface area contributed by atoms with Crippen LogP contribution in [0.3, 0.4) is 0 Å². The van der Waals surface area contributed by atoms with Gasteiger partial charge >= 0.3 is 0 Å². The molecule has 2 nitrogen and oxygen atoms in total. The Morgan fingerprint density at radius 2 is 1.73 bits per heavy atom. The molecule has 0 unspecified atom stereocenters. The Balaban J connectivity index is 2.04. The van der Waals surface area contributed by atoms with Crippen LogP contribution < -0.4 is 0 Å². The number of rotatable bonds is 5. The Kier molecular flexibility index (Phi) is 5.33. The lowest BCUT2D eigenvalue weighted by Crippen LogP contribution is -2.02. The summed E-state index contributed by atoms with van der Waals surface area (Å²) in [6, 6.07) is 14.7. The van der Waals surface area contributed by atoms with Crippen LogP contribution in [-0.2, 0) is 0 Å². The second kappa shape index (κ2) is 7.83. The maximum atomic E-state index is 4.58. The average Bonchev–Trinajstić information content (AvgIpc) is 3.11. The van der Waals surface area contributed by atoms with E-state index in [2.05, 4.69) is 54.2 Å². The molecule has 0 spiro atoms. The summed E-state index contributed by atoms with van der Waals surface area (Å²) in [5, 5.41) is 0. The number of aryl methyl sites for hydroxylation is 2. The summed E-state index contributed by atoms with van der Waals surface area (Å²) >= 11 is 0. The van der Waals surface area contributed by atoms with Gasteiger partial charge in [-0.25, -0.2) is 4.98 Å². The molecular formula is C24H24N2. The number of nitrogens with zero attached hydrogens (tertiary/aromatic N) is 2. The van der Waals surface area contributed by atoms with Crippen LogP contribution in [-0.4, -0.2) is 9.55 Å². The zero-order valence-corrected chi connectivity index (χ0v) is 15.6. The largest absolute Gasteiger partial charge is 0.299 e. The lowest BCUT2D eigenvalue weighted by atomic mass is 9.99. The molecule has 3 rings (SSSR count). The molecule has 0 bridgehead atoms. The van der Waals surface area contributed by atoms with Crippen molar-refractivity contribution in [3.05, 3.63) is 102 Å². The number of imidazole rings is 1. The molecule has 0 radical (unpaired) electrons. The van der Waals surface area contributed by atoms with Gasteiger partial charge in [-0.2, -0.15) is 0 Å². The molecule has 0 N–H and O–H groups in total. The van der Waals surface area contributed by atoms with Crippen molar-refractivity contribution in [3.63, 3.8) is 0 Å². The number of hydrogen-bond acceptors (Lipinski definition) is 1. The van der Waals surface area contributed by atoms with Crippen molar-refractivity contribution in [1.29, 1.82) is 0 Å². The van der Waals surface area contributed by atoms with Crippen LogP contribution >= 0.6 is 0 Å². The maximum Gasteiger partial charge on any atom is 0.144 e. The second-order valence-electron chi connectivity index (χ2n) is 6.36.